The van der Waals surface area contributed by atoms with Gasteiger partial charge in [0.15, 0.2) is 18.7 Å². The first-order valence-electron chi connectivity index (χ1n) is 20.1. The third kappa shape index (κ3) is 13.9. The van der Waals surface area contributed by atoms with E-state index in [2.05, 4.69) is 0 Å². The van der Waals surface area contributed by atoms with Crippen molar-refractivity contribution < 1.29 is 72.4 Å². The van der Waals surface area contributed by atoms with E-state index in [1.807, 2.05) is 13.8 Å². The lowest BCUT2D eigenvalue weighted by atomic mass is 9.82. The summed E-state index contributed by atoms with van der Waals surface area (Å²) in [7, 11) is 4.85. The van der Waals surface area contributed by atoms with Crippen molar-refractivity contribution >= 4 is 24.2 Å². The predicted octanol–water partition coefficient (Wildman–Crippen LogP) is 2.77. The Hall–Kier alpha value is -2.80. The standard InChI is InChI=1S/C41H67NO15/c1-11-15-31(46)55-39-26(5)52-33(22-41(39,7)49)56-36-25(4)53-40(35(48)34(36)42(8)9)57-37-28(18-19-43)20-23(2)29(45)17-14-12-13-16-24(3)51-32(47)21-30(38(37)50-10)54-27(6)44/h12-14,17,19,23-26,28-30,33-40,45,48-49H,11,15-16,18,20-22H2,1-10H3/b13-12+,17-14+/t23-,24-,25-,26+,28+,29+,30+,33+,34-,35-,36-,37+,38+,39+,40?,41-/m1/s1. The second-order valence-corrected chi connectivity index (χ2v) is 16.1. The maximum Gasteiger partial charge on any atom is 0.309 e. The minimum Gasteiger partial charge on any atom is -0.462 e. The third-order valence-electron chi connectivity index (χ3n) is 10.8. The van der Waals surface area contributed by atoms with Crippen LogP contribution in [0.25, 0.3) is 0 Å². The number of nitrogens with zero attached hydrogens (tertiary/aromatic N) is 1. The zero-order valence-corrected chi connectivity index (χ0v) is 35.2. The molecular weight excluding hydrogens is 746 g/mol. The molecule has 3 aliphatic rings. The maximum absolute atomic E-state index is 13.2. The Morgan fingerprint density at radius 1 is 1.02 bits per heavy atom. The van der Waals surface area contributed by atoms with E-state index in [0.717, 1.165) is 0 Å². The lowest BCUT2D eigenvalue weighted by Crippen LogP contribution is -2.66. The number of rotatable bonds is 12. The normalized spacial score (nSPS) is 41.1. The van der Waals surface area contributed by atoms with Gasteiger partial charge in [-0.1, -0.05) is 38.2 Å². The number of hydrogen-bond donors (Lipinski definition) is 3. The summed E-state index contributed by atoms with van der Waals surface area (Å²) in [6.07, 6.45) is -3.45. The Balaban J connectivity index is 1.99. The number of allylic oxidation sites excluding steroid dienone is 2. The number of ether oxygens (including phenoxy) is 8. The monoisotopic (exact) mass is 813 g/mol. The van der Waals surface area contributed by atoms with E-state index in [1.165, 1.54) is 14.0 Å². The summed E-state index contributed by atoms with van der Waals surface area (Å²) in [5, 5.41) is 34.5. The lowest BCUT2D eigenvalue weighted by molar-refractivity contribution is -0.344. The number of carbonyl (C=O) groups excluding carboxylic acids is 4. The van der Waals surface area contributed by atoms with Crippen LogP contribution in [0.3, 0.4) is 0 Å². The Labute approximate surface area is 337 Å². The van der Waals surface area contributed by atoms with Crippen molar-refractivity contribution in [2.75, 3.05) is 21.2 Å². The zero-order chi connectivity index (χ0) is 42.6. The predicted molar refractivity (Wildman–Crippen MR) is 205 cm³/mol. The Kier molecular flexibility index (Phi) is 19.2. The highest BCUT2D eigenvalue weighted by molar-refractivity contribution is 5.72. The highest BCUT2D eigenvalue weighted by atomic mass is 16.7. The van der Waals surface area contributed by atoms with E-state index >= 15 is 0 Å². The first kappa shape index (κ1) is 48.6. The van der Waals surface area contributed by atoms with Gasteiger partial charge in [0.25, 0.3) is 0 Å². The average molecular weight is 814 g/mol. The fourth-order valence-corrected chi connectivity index (χ4v) is 7.96. The Morgan fingerprint density at radius 3 is 2.32 bits per heavy atom. The van der Waals surface area contributed by atoms with Gasteiger partial charge in [0.1, 0.15) is 42.4 Å². The van der Waals surface area contributed by atoms with Crippen LogP contribution < -0.4 is 0 Å². The molecule has 0 aliphatic carbocycles. The summed E-state index contributed by atoms with van der Waals surface area (Å²) in [5.74, 6) is -2.88. The van der Waals surface area contributed by atoms with Gasteiger partial charge in [-0.05, 0) is 66.5 Å². The van der Waals surface area contributed by atoms with Crippen LogP contribution in [0.5, 0.6) is 0 Å². The highest BCUT2D eigenvalue weighted by Gasteiger charge is 2.53. The number of likely N-dealkylation sites (N-methyl/N-ethyl adjacent to an activating group) is 1. The first-order chi connectivity index (χ1) is 26.8. The van der Waals surface area contributed by atoms with Crippen LogP contribution in [0.4, 0.5) is 0 Å². The molecule has 16 heteroatoms. The smallest absolute Gasteiger partial charge is 0.309 e. The fraction of sp³-hybridized carbons (Fsp3) is 0.805. The van der Waals surface area contributed by atoms with Gasteiger partial charge in [-0.2, -0.15) is 0 Å². The number of aliphatic hydroxyl groups excluding tert-OH is 2. The topological polar surface area (TPSA) is 206 Å². The molecule has 57 heavy (non-hydrogen) atoms. The van der Waals surface area contributed by atoms with E-state index in [-0.39, 0.29) is 25.7 Å². The summed E-state index contributed by atoms with van der Waals surface area (Å²) in [6, 6.07) is -0.779. The fourth-order valence-electron chi connectivity index (χ4n) is 7.96. The Bertz CT molecular complexity index is 1350. The number of cyclic esters (lactones) is 1. The van der Waals surface area contributed by atoms with Gasteiger partial charge in [-0.25, -0.2) is 0 Å². The molecule has 3 heterocycles. The number of esters is 3. The molecule has 3 rings (SSSR count). The highest BCUT2D eigenvalue weighted by Crippen LogP contribution is 2.37. The molecule has 0 bridgehead atoms. The molecule has 0 radical (unpaired) electrons. The molecule has 3 N–H and O–H groups in total. The summed E-state index contributed by atoms with van der Waals surface area (Å²) in [4.78, 5) is 52.0. The zero-order valence-electron chi connectivity index (χ0n) is 35.2. The molecule has 16 nitrogen and oxygen atoms in total. The van der Waals surface area contributed by atoms with Crippen LogP contribution in [0, 0.1) is 11.8 Å². The van der Waals surface area contributed by atoms with Crippen LogP contribution in [-0.2, 0) is 57.1 Å². The minimum atomic E-state index is -1.49. The minimum absolute atomic E-state index is 0.0416. The lowest BCUT2D eigenvalue weighted by Gasteiger charge is -2.50. The average Bonchev–Trinajstić information content (AvgIpc) is 3.10. The molecule has 0 aromatic heterocycles. The summed E-state index contributed by atoms with van der Waals surface area (Å²) >= 11 is 0. The van der Waals surface area contributed by atoms with Crippen molar-refractivity contribution in [3.63, 3.8) is 0 Å². The van der Waals surface area contributed by atoms with Crippen LogP contribution in [-0.4, -0.2) is 151 Å². The van der Waals surface area contributed by atoms with Gasteiger partial charge in [-0.3, -0.25) is 14.4 Å². The Morgan fingerprint density at radius 2 is 1.72 bits per heavy atom. The molecule has 2 saturated heterocycles. The van der Waals surface area contributed by atoms with Crippen molar-refractivity contribution in [2.24, 2.45) is 11.8 Å². The van der Waals surface area contributed by atoms with Gasteiger partial charge in [-0.15, -0.1) is 0 Å². The number of aliphatic hydroxyl groups is 3. The van der Waals surface area contributed by atoms with E-state index in [1.54, 1.807) is 71.0 Å². The van der Waals surface area contributed by atoms with Gasteiger partial charge < -0.3 is 62.9 Å². The van der Waals surface area contributed by atoms with E-state index in [0.29, 0.717) is 19.1 Å². The van der Waals surface area contributed by atoms with Gasteiger partial charge in [0.2, 0.25) is 0 Å². The van der Waals surface area contributed by atoms with E-state index < -0.39 is 121 Å². The number of hydrogen-bond acceptors (Lipinski definition) is 16. The number of aldehydes is 1. The third-order valence-corrected chi connectivity index (χ3v) is 10.8. The number of methoxy groups -OCH3 is 1. The first-order valence-corrected chi connectivity index (χ1v) is 20.1. The molecule has 0 amide bonds. The molecule has 0 spiro atoms. The number of carbonyl (C=O) groups is 4. The molecule has 2 fully saturated rings. The van der Waals surface area contributed by atoms with Crippen LogP contribution in [0.2, 0.25) is 0 Å². The quantitative estimate of drug-likeness (QED) is 0.147. The van der Waals surface area contributed by atoms with Crippen molar-refractivity contribution in [2.45, 2.75) is 179 Å². The molecule has 0 aromatic rings. The molecule has 1 unspecified atom stereocenters. The van der Waals surface area contributed by atoms with E-state index in [4.69, 9.17) is 37.9 Å². The van der Waals surface area contributed by atoms with Crippen molar-refractivity contribution in [3.05, 3.63) is 24.3 Å². The second kappa shape index (κ2) is 22.5. The van der Waals surface area contributed by atoms with Gasteiger partial charge in [0, 0.05) is 39.7 Å². The summed E-state index contributed by atoms with van der Waals surface area (Å²) < 4.78 is 48.4. The summed E-state index contributed by atoms with van der Waals surface area (Å²) in [5.41, 5.74) is -1.49. The molecule has 0 saturated carbocycles. The van der Waals surface area contributed by atoms with Crippen LogP contribution >= 0.6 is 0 Å². The van der Waals surface area contributed by atoms with Crippen molar-refractivity contribution in [3.8, 4) is 0 Å². The van der Waals surface area contributed by atoms with Crippen LogP contribution in [0.15, 0.2) is 24.3 Å². The van der Waals surface area contributed by atoms with Crippen LogP contribution in [0.1, 0.15) is 93.4 Å². The van der Waals surface area contributed by atoms with E-state index in [9.17, 15) is 34.5 Å². The summed E-state index contributed by atoms with van der Waals surface area (Å²) in [6.45, 7) is 11.6. The largest absolute Gasteiger partial charge is 0.462 e. The molecule has 16 atom stereocenters. The second-order valence-electron chi connectivity index (χ2n) is 16.1. The maximum atomic E-state index is 13.2. The SMILES string of the molecule is CCCC(=O)O[C@H]1[C@H](C)O[C@@H](O[C@H]2[C@H](N(C)C)[C@@H](O)C(O[C@H]3[C@@H](CC=O)C[C@@H](C)[C@@H](O)/C=C/C=C/C[C@@H](C)OC(=O)C[C@H](OC(C)=O)[C@@H]3OC)O[C@@H]2C)C[C@@]1(C)O. The molecule has 326 valence electrons. The van der Waals surface area contributed by atoms with Crippen molar-refractivity contribution in [1.82, 2.24) is 4.90 Å². The van der Waals surface area contributed by atoms with Crippen molar-refractivity contribution in [1.29, 1.82) is 0 Å². The molecular formula is C41H67NO15. The molecule has 0 aromatic carbocycles. The van der Waals surface area contributed by atoms with Gasteiger partial charge in [0.05, 0.1) is 36.9 Å². The molecule has 3 aliphatic heterocycles. The van der Waals surface area contributed by atoms with Gasteiger partial charge >= 0.3 is 17.9 Å².